The molecule has 3 aromatic rings. The van der Waals surface area contributed by atoms with Crippen LogP contribution in [0.4, 0.5) is 0 Å². The van der Waals surface area contributed by atoms with Crippen LogP contribution >= 0.6 is 11.6 Å². The first-order valence-corrected chi connectivity index (χ1v) is 21.0. The molecule has 15 heteroatoms. The number of phenolic OH excluding ortho intramolecular Hbond substituents is 1. The van der Waals surface area contributed by atoms with E-state index in [9.17, 15) is 34.3 Å². The molecular formula is C44H54ClN7O7. The minimum absolute atomic E-state index is 0.00805. The zero-order valence-electron chi connectivity index (χ0n) is 34.6. The number of carbonyl (C=O) groups excluding carboxylic acids is 5. The molecule has 1 unspecified atom stereocenters. The van der Waals surface area contributed by atoms with Gasteiger partial charge in [-0.2, -0.15) is 5.26 Å². The smallest absolute Gasteiger partial charge is 0.324 e. The Morgan fingerprint density at radius 3 is 2.54 bits per heavy atom. The number of hydrazine groups is 1. The molecule has 6 bridgehead atoms. The summed E-state index contributed by atoms with van der Waals surface area (Å²) in [5.74, 6) is -2.42. The molecule has 4 aliphatic heterocycles. The molecular weight excluding hydrogens is 774 g/mol. The van der Waals surface area contributed by atoms with Gasteiger partial charge in [0.1, 0.15) is 35.3 Å². The number of phenols is 1. The van der Waals surface area contributed by atoms with Gasteiger partial charge < -0.3 is 29.5 Å². The molecule has 3 fully saturated rings. The van der Waals surface area contributed by atoms with Gasteiger partial charge in [0.15, 0.2) is 0 Å². The van der Waals surface area contributed by atoms with Crippen LogP contribution in [0, 0.1) is 28.1 Å². The Morgan fingerprint density at radius 1 is 1.10 bits per heavy atom. The predicted molar refractivity (Wildman–Crippen MR) is 221 cm³/mol. The van der Waals surface area contributed by atoms with Gasteiger partial charge in [0.2, 0.25) is 17.7 Å². The van der Waals surface area contributed by atoms with E-state index >= 15 is 0 Å². The summed E-state index contributed by atoms with van der Waals surface area (Å²) in [5, 5.41) is 26.5. The number of cyclic esters (lactones) is 1. The van der Waals surface area contributed by atoms with Crippen molar-refractivity contribution in [3.63, 3.8) is 0 Å². The molecule has 7 rings (SSSR count). The third kappa shape index (κ3) is 8.11. The number of nitriles is 1. The minimum atomic E-state index is -1.15. The van der Waals surface area contributed by atoms with Crippen molar-refractivity contribution < 1.29 is 33.8 Å². The molecule has 1 spiro atoms. The molecule has 314 valence electrons. The Morgan fingerprint density at radius 2 is 1.85 bits per heavy atom. The highest BCUT2D eigenvalue weighted by atomic mass is 35.5. The lowest BCUT2D eigenvalue weighted by atomic mass is 9.78. The lowest BCUT2D eigenvalue weighted by Gasteiger charge is -2.46. The van der Waals surface area contributed by atoms with Crippen molar-refractivity contribution in [1.29, 1.82) is 5.26 Å². The molecule has 59 heavy (non-hydrogen) atoms. The van der Waals surface area contributed by atoms with Gasteiger partial charge in [-0.15, -0.1) is 11.6 Å². The van der Waals surface area contributed by atoms with E-state index in [4.69, 9.17) is 16.3 Å². The fourth-order valence-corrected chi connectivity index (χ4v) is 9.35. The Labute approximate surface area is 349 Å². The molecule has 2 aromatic carbocycles. The van der Waals surface area contributed by atoms with Crippen LogP contribution in [-0.2, 0) is 47.1 Å². The number of hydrogen-bond donors (Lipinski definition) is 3. The largest absolute Gasteiger partial charge is 0.508 e. The Kier molecular flexibility index (Phi) is 11.3. The SMILES string of the molecule is CC(C)[C@@H](C(=O)N[C@@H]1Cc2cc(O)cc(c2)-c2ccc3c(c2)c(cn3C(C)(C)C#N)CC(C)(C)COC(=O)C2CCCN(N2)C1=O)N1CCC2(CN(C(=O)CCl)C2)C1=O. The van der Waals surface area contributed by atoms with Crippen molar-refractivity contribution in [3.05, 3.63) is 53.7 Å². The fourth-order valence-electron chi connectivity index (χ4n) is 9.18. The molecule has 1 aromatic heterocycles. The van der Waals surface area contributed by atoms with Crippen molar-refractivity contribution >= 4 is 52.1 Å². The van der Waals surface area contributed by atoms with Gasteiger partial charge in [-0.3, -0.25) is 29.0 Å². The predicted octanol–water partition coefficient (Wildman–Crippen LogP) is 4.25. The van der Waals surface area contributed by atoms with Crippen molar-refractivity contribution in [1.82, 2.24) is 30.1 Å². The number of esters is 1. The third-order valence-corrected chi connectivity index (χ3v) is 12.6. The number of amides is 4. The maximum absolute atomic E-state index is 14.6. The second-order valence-electron chi connectivity index (χ2n) is 18.4. The number of nitrogens with one attached hydrogen (secondary N) is 2. The number of likely N-dealkylation sites (tertiary alicyclic amines) is 2. The van der Waals surface area contributed by atoms with Crippen LogP contribution in [0.2, 0.25) is 0 Å². The van der Waals surface area contributed by atoms with E-state index < -0.39 is 52.3 Å². The van der Waals surface area contributed by atoms with E-state index in [2.05, 4.69) is 16.8 Å². The first-order valence-electron chi connectivity index (χ1n) is 20.4. The quantitative estimate of drug-likeness (QED) is 0.242. The van der Waals surface area contributed by atoms with Crippen LogP contribution in [0.1, 0.15) is 71.9 Å². The molecule has 0 saturated carbocycles. The number of halogens is 1. The van der Waals surface area contributed by atoms with Gasteiger partial charge in [-0.1, -0.05) is 39.8 Å². The van der Waals surface area contributed by atoms with Gasteiger partial charge in [-0.05, 0) is 92.0 Å². The van der Waals surface area contributed by atoms with E-state index in [0.29, 0.717) is 43.4 Å². The Bertz CT molecular complexity index is 2240. The lowest BCUT2D eigenvalue weighted by Crippen LogP contribution is -2.64. The highest BCUT2D eigenvalue weighted by Gasteiger charge is 2.58. The Balaban J connectivity index is 1.25. The molecule has 14 nitrogen and oxygen atoms in total. The van der Waals surface area contributed by atoms with Crippen LogP contribution < -0.4 is 10.7 Å². The van der Waals surface area contributed by atoms with E-state index in [1.807, 2.05) is 76.6 Å². The number of aromatic nitrogens is 1. The number of alkyl halides is 1. The van der Waals surface area contributed by atoms with E-state index in [0.717, 1.165) is 22.0 Å². The second-order valence-corrected chi connectivity index (χ2v) is 18.7. The summed E-state index contributed by atoms with van der Waals surface area (Å²) in [6.45, 7) is 12.7. The number of carbonyl (C=O) groups is 5. The van der Waals surface area contributed by atoms with Crippen molar-refractivity contribution in [3.8, 4) is 22.9 Å². The number of aromatic hydroxyl groups is 1. The normalized spacial score (nSPS) is 22.5. The second kappa shape index (κ2) is 15.8. The first kappa shape index (κ1) is 42.0. The van der Waals surface area contributed by atoms with Gasteiger partial charge in [0.05, 0.1) is 18.1 Å². The van der Waals surface area contributed by atoms with Crippen molar-refractivity contribution in [2.75, 3.05) is 38.7 Å². The summed E-state index contributed by atoms with van der Waals surface area (Å²) in [5.41, 5.74) is 4.86. The van der Waals surface area contributed by atoms with Crippen molar-refractivity contribution in [2.24, 2.45) is 16.7 Å². The summed E-state index contributed by atoms with van der Waals surface area (Å²) in [4.78, 5) is 71.9. The summed E-state index contributed by atoms with van der Waals surface area (Å²) >= 11 is 5.76. The highest BCUT2D eigenvalue weighted by Crippen LogP contribution is 2.42. The maximum atomic E-state index is 14.6. The Hall–Kier alpha value is -5.13. The van der Waals surface area contributed by atoms with Gasteiger partial charge >= 0.3 is 5.97 Å². The number of nitrogens with zero attached hydrogens (tertiary/aromatic N) is 5. The average molecular weight is 828 g/mol. The zero-order valence-corrected chi connectivity index (χ0v) is 35.4. The molecule has 3 saturated heterocycles. The zero-order chi connectivity index (χ0) is 42.6. The van der Waals surface area contributed by atoms with E-state index in [1.54, 1.807) is 21.9 Å². The molecule has 4 amide bonds. The first-order chi connectivity index (χ1) is 27.8. The lowest BCUT2D eigenvalue weighted by molar-refractivity contribution is -0.156. The summed E-state index contributed by atoms with van der Waals surface area (Å²) in [7, 11) is 0. The number of rotatable bonds is 6. The van der Waals surface area contributed by atoms with Gasteiger partial charge in [-0.25, -0.2) is 5.43 Å². The number of fused-ring (bicyclic) bond motifs is 6. The van der Waals surface area contributed by atoms with Crippen LogP contribution in [0.5, 0.6) is 5.75 Å². The summed E-state index contributed by atoms with van der Waals surface area (Å²) < 4.78 is 7.89. The van der Waals surface area contributed by atoms with Gasteiger partial charge in [0, 0.05) is 55.1 Å². The molecule has 4 aliphatic rings. The molecule has 3 atom stereocenters. The van der Waals surface area contributed by atoms with Crippen molar-refractivity contribution in [2.45, 2.75) is 97.3 Å². The number of hydrogen-bond acceptors (Lipinski definition) is 9. The third-order valence-electron chi connectivity index (χ3n) is 12.4. The average Bonchev–Trinajstić information content (AvgIpc) is 3.72. The fraction of sp³-hybridized carbons (Fsp3) is 0.545. The number of ether oxygens (including phenoxy) is 1. The standard InChI is InChI=1S/C44H54ClN7O7/c1-26(2)37(50-13-11-44(41(50)58)23-49(24-44)36(54)20-45)38(55)47-34-16-27-14-29(17-31(53)15-27)28-9-10-35-32(18-28)30(21-51(35)43(5,6)22-46)19-42(3,4)25-59-40(57)33-8-7-12-52(48-33)39(34)56/h9-10,14-15,17-18,21,26,33-34,37,48,53H,7-8,11-13,16,19-20,23-25H2,1-6H3,(H,47,55)/t33?,34-,37+/m1/s1. The molecule has 3 N–H and O–H groups in total. The van der Waals surface area contributed by atoms with E-state index in [-0.39, 0.29) is 62.0 Å². The molecule has 0 radical (unpaired) electrons. The highest BCUT2D eigenvalue weighted by molar-refractivity contribution is 6.27. The molecule has 5 heterocycles. The molecule has 0 aliphatic carbocycles. The van der Waals surface area contributed by atoms with Crippen LogP contribution in [0.15, 0.2) is 42.6 Å². The summed E-state index contributed by atoms with van der Waals surface area (Å²) in [6.07, 6.45) is 3.97. The summed E-state index contributed by atoms with van der Waals surface area (Å²) in [6, 6.07) is 10.6. The monoisotopic (exact) mass is 827 g/mol. The van der Waals surface area contributed by atoms with Gasteiger partial charge in [0.25, 0.3) is 5.91 Å². The minimum Gasteiger partial charge on any atom is -0.508 e. The van der Waals surface area contributed by atoms with Crippen LogP contribution in [0.3, 0.4) is 0 Å². The van der Waals surface area contributed by atoms with E-state index in [1.165, 1.54) is 5.01 Å². The topological polar surface area (TPSA) is 177 Å². The maximum Gasteiger partial charge on any atom is 0.324 e. The van der Waals surface area contributed by atoms with Crippen LogP contribution in [-0.4, -0.2) is 111 Å². The van der Waals surface area contributed by atoms with Crippen LogP contribution in [0.25, 0.3) is 22.0 Å². The number of benzene rings is 2.